The molecule has 1 aromatic rings. The molecule has 0 aliphatic rings. The predicted molar refractivity (Wildman–Crippen MR) is 34.9 cm³/mol. The normalized spacial score (nSPS) is 9.44. The van der Waals surface area contributed by atoms with Crippen LogP contribution in [-0.4, -0.2) is 9.97 Å². The average Bonchev–Trinajstić information content (AvgIpc) is 1.91. The van der Waals surface area contributed by atoms with Crippen molar-refractivity contribution in [3.05, 3.63) is 24.3 Å². The van der Waals surface area contributed by atoms with Gasteiger partial charge in [-0.05, 0) is 6.42 Å². The molecule has 0 atom stereocenters. The molecule has 0 saturated heterocycles. The molecule has 1 rings (SSSR count). The quantitative estimate of drug-likeness (QED) is 0.588. The smallest absolute Gasteiger partial charge is 0.112 e. The van der Waals surface area contributed by atoms with E-state index in [9.17, 15) is 0 Å². The van der Waals surface area contributed by atoms with Crippen LogP contribution in [0, 0.1) is 6.20 Å². The van der Waals surface area contributed by atoms with Crippen LogP contribution in [0.1, 0.15) is 19.0 Å². The maximum atomic E-state index is 4.05. The molecule has 0 aromatic carbocycles. The van der Waals surface area contributed by atoms with Gasteiger partial charge in [0.15, 0.2) is 0 Å². The lowest BCUT2D eigenvalue weighted by molar-refractivity contribution is 0.867. The Bertz CT molecular complexity index is 160. The van der Waals surface area contributed by atoms with Gasteiger partial charge in [-0.3, -0.25) is 9.97 Å². The zero-order valence-electron chi connectivity index (χ0n) is 5.46. The first kappa shape index (κ1) is 6.20. The third kappa shape index (κ3) is 1.80. The zero-order valence-corrected chi connectivity index (χ0v) is 5.46. The van der Waals surface area contributed by atoms with Crippen molar-refractivity contribution in [2.75, 3.05) is 0 Å². The van der Waals surface area contributed by atoms with Crippen molar-refractivity contribution in [3.8, 4) is 0 Å². The van der Waals surface area contributed by atoms with Gasteiger partial charge in [0.2, 0.25) is 0 Å². The van der Waals surface area contributed by atoms with E-state index in [4.69, 9.17) is 0 Å². The van der Waals surface area contributed by atoms with Gasteiger partial charge < -0.3 is 0 Å². The van der Waals surface area contributed by atoms with Crippen molar-refractivity contribution >= 4 is 0 Å². The molecule has 9 heavy (non-hydrogen) atoms. The molecule has 2 heteroatoms. The van der Waals surface area contributed by atoms with Crippen LogP contribution in [0.4, 0.5) is 0 Å². The number of aryl methyl sites for hydroxylation is 1. The van der Waals surface area contributed by atoms with E-state index < -0.39 is 0 Å². The number of hydrogen-bond acceptors (Lipinski definition) is 2. The monoisotopic (exact) mass is 121 g/mol. The molecule has 0 aliphatic heterocycles. The molecule has 1 aromatic heterocycles. The molecule has 47 valence electrons. The van der Waals surface area contributed by atoms with Crippen molar-refractivity contribution in [3.63, 3.8) is 0 Å². The molecule has 0 spiro atoms. The van der Waals surface area contributed by atoms with Crippen LogP contribution in [0.25, 0.3) is 0 Å². The van der Waals surface area contributed by atoms with Gasteiger partial charge in [-0.15, -0.1) is 0 Å². The summed E-state index contributed by atoms with van der Waals surface area (Å²) in [6.07, 6.45) is 8.23. The highest BCUT2D eigenvalue weighted by Gasteiger charge is 1.88. The SMILES string of the molecule is CCCc1[c]nccn1. The van der Waals surface area contributed by atoms with Gasteiger partial charge in [0.1, 0.15) is 6.20 Å². The number of nitrogens with zero attached hydrogens (tertiary/aromatic N) is 2. The molecule has 1 heterocycles. The summed E-state index contributed by atoms with van der Waals surface area (Å²) in [6.45, 7) is 2.11. The summed E-state index contributed by atoms with van der Waals surface area (Å²) in [4.78, 5) is 7.87. The third-order valence-electron chi connectivity index (χ3n) is 1.05. The lowest BCUT2D eigenvalue weighted by Crippen LogP contribution is -1.88. The van der Waals surface area contributed by atoms with E-state index in [-0.39, 0.29) is 0 Å². The van der Waals surface area contributed by atoms with Crippen LogP contribution in [-0.2, 0) is 6.42 Å². The molecular weight excluding hydrogens is 112 g/mol. The highest BCUT2D eigenvalue weighted by molar-refractivity contribution is 4.91. The van der Waals surface area contributed by atoms with Gasteiger partial charge in [-0.25, -0.2) is 0 Å². The molecule has 0 bridgehead atoms. The third-order valence-corrected chi connectivity index (χ3v) is 1.05. The van der Waals surface area contributed by atoms with Crippen molar-refractivity contribution in [2.24, 2.45) is 0 Å². The van der Waals surface area contributed by atoms with Crippen LogP contribution in [0.5, 0.6) is 0 Å². The summed E-state index contributed by atoms with van der Waals surface area (Å²) in [7, 11) is 0. The van der Waals surface area contributed by atoms with Crippen LogP contribution >= 0.6 is 0 Å². The minimum atomic E-state index is 0.958. The summed E-state index contributed by atoms with van der Waals surface area (Å²) >= 11 is 0. The van der Waals surface area contributed by atoms with E-state index in [0.717, 1.165) is 18.5 Å². The van der Waals surface area contributed by atoms with Crippen molar-refractivity contribution < 1.29 is 0 Å². The van der Waals surface area contributed by atoms with E-state index in [1.165, 1.54) is 0 Å². The molecule has 0 saturated carbocycles. The lowest BCUT2D eigenvalue weighted by Gasteiger charge is -1.90. The summed E-state index contributed by atoms with van der Waals surface area (Å²) in [5.41, 5.74) is 0.958. The standard InChI is InChI=1S/C7H9N2/c1-2-3-7-6-8-4-5-9-7/h4-5H,2-3H2,1H3. The second-order valence-electron chi connectivity index (χ2n) is 1.86. The fraction of sp³-hybridized carbons (Fsp3) is 0.429. The van der Waals surface area contributed by atoms with Crippen LogP contribution in [0.3, 0.4) is 0 Å². The molecule has 0 N–H and O–H groups in total. The van der Waals surface area contributed by atoms with E-state index in [1.807, 2.05) is 0 Å². The molecule has 2 nitrogen and oxygen atoms in total. The van der Waals surface area contributed by atoms with Crippen LogP contribution in [0.2, 0.25) is 0 Å². The van der Waals surface area contributed by atoms with E-state index in [2.05, 4.69) is 23.1 Å². The molecule has 1 radical (unpaired) electrons. The second kappa shape index (κ2) is 3.17. The van der Waals surface area contributed by atoms with Crippen LogP contribution < -0.4 is 0 Å². The van der Waals surface area contributed by atoms with Gasteiger partial charge in [0.25, 0.3) is 0 Å². The van der Waals surface area contributed by atoms with Crippen molar-refractivity contribution in [1.82, 2.24) is 9.97 Å². The highest BCUT2D eigenvalue weighted by atomic mass is 14.8. The largest absolute Gasteiger partial charge is 0.257 e. The second-order valence-corrected chi connectivity index (χ2v) is 1.86. The fourth-order valence-corrected chi connectivity index (χ4v) is 0.655. The van der Waals surface area contributed by atoms with Crippen molar-refractivity contribution in [2.45, 2.75) is 19.8 Å². The van der Waals surface area contributed by atoms with Crippen LogP contribution in [0.15, 0.2) is 12.4 Å². The summed E-state index contributed by atoms with van der Waals surface area (Å²) < 4.78 is 0. The van der Waals surface area contributed by atoms with Gasteiger partial charge in [-0.2, -0.15) is 0 Å². The molecule has 0 aliphatic carbocycles. The Morgan fingerprint density at radius 1 is 1.56 bits per heavy atom. The Morgan fingerprint density at radius 2 is 2.44 bits per heavy atom. The summed E-state index contributed by atoms with van der Waals surface area (Å²) in [6, 6.07) is 0. The van der Waals surface area contributed by atoms with Crippen molar-refractivity contribution in [1.29, 1.82) is 0 Å². The Kier molecular flexibility index (Phi) is 2.19. The lowest BCUT2D eigenvalue weighted by atomic mass is 10.3. The highest BCUT2D eigenvalue weighted by Crippen LogP contribution is 1.92. The van der Waals surface area contributed by atoms with E-state index in [1.54, 1.807) is 12.4 Å². The maximum Gasteiger partial charge on any atom is 0.112 e. The van der Waals surface area contributed by atoms with E-state index in [0.29, 0.717) is 0 Å². The first-order chi connectivity index (χ1) is 4.43. The Labute approximate surface area is 55.0 Å². The number of aromatic nitrogens is 2. The Hall–Kier alpha value is -0.920. The summed E-state index contributed by atoms with van der Waals surface area (Å²) in [5, 5.41) is 0. The minimum absolute atomic E-state index is 0.958. The zero-order chi connectivity index (χ0) is 6.53. The number of rotatable bonds is 2. The minimum Gasteiger partial charge on any atom is -0.257 e. The molecule has 0 unspecified atom stereocenters. The molecular formula is C7H9N2. The van der Waals surface area contributed by atoms with Gasteiger partial charge in [0, 0.05) is 12.4 Å². The Balaban J connectivity index is 2.61. The van der Waals surface area contributed by atoms with E-state index >= 15 is 0 Å². The fourth-order valence-electron chi connectivity index (χ4n) is 0.655. The van der Waals surface area contributed by atoms with Gasteiger partial charge in [-0.1, -0.05) is 13.3 Å². The first-order valence-electron chi connectivity index (χ1n) is 3.11. The predicted octanol–water partition coefficient (Wildman–Crippen LogP) is 1.23. The topological polar surface area (TPSA) is 25.8 Å². The Morgan fingerprint density at radius 3 is 3.00 bits per heavy atom. The first-order valence-corrected chi connectivity index (χ1v) is 3.11. The maximum absolute atomic E-state index is 4.05. The van der Waals surface area contributed by atoms with Gasteiger partial charge >= 0.3 is 0 Å². The molecule has 0 amide bonds. The average molecular weight is 121 g/mol. The van der Waals surface area contributed by atoms with Gasteiger partial charge in [0.05, 0.1) is 5.69 Å². The molecule has 0 fully saturated rings. The summed E-state index contributed by atoms with van der Waals surface area (Å²) in [5.74, 6) is 0. The number of hydrogen-bond donors (Lipinski definition) is 0.